The van der Waals surface area contributed by atoms with E-state index in [4.69, 9.17) is 18.5 Å². The molecule has 0 aromatic carbocycles. The Kier molecular flexibility index (Phi) is 12.7. The lowest BCUT2D eigenvalue weighted by Crippen LogP contribution is -2.37. The van der Waals surface area contributed by atoms with Crippen molar-refractivity contribution in [3.63, 3.8) is 0 Å². The zero-order valence-corrected chi connectivity index (χ0v) is 24.6. The number of H-pyrrole nitrogens is 1. The first-order chi connectivity index (χ1) is 18.6. The van der Waals surface area contributed by atoms with Crippen molar-refractivity contribution in [1.29, 1.82) is 0 Å². The summed E-state index contributed by atoms with van der Waals surface area (Å²) in [5, 5.41) is 22.1. The van der Waals surface area contributed by atoms with Crippen molar-refractivity contribution in [2.24, 2.45) is 11.3 Å². The number of nitrogens with zero attached hydrogens (tertiary/aromatic N) is 1. The van der Waals surface area contributed by atoms with Crippen molar-refractivity contribution in [3.05, 3.63) is 33.1 Å². The van der Waals surface area contributed by atoms with Gasteiger partial charge in [0.2, 0.25) is 0 Å². The molecule has 40 heavy (non-hydrogen) atoms. The number of halogens is 1. The smallest absolute Gasteiger partial charge is 0.406 e. The van der Waals surface area contributed by atoms with Crippen molar-refractivity contribution >= 4 is 30.6 Å². The van der Waals surface area contributed by atoms with E-state index in [1.165, 1.54) is 6.92 Å². The van der Waals surface area contributed by atoms with Crippen LogP contribution in [0.4, 0.5) is 4.39 Å². The van der Waals surface area contributed by atoms with Crippen molar-refractivity contribution in [1.82, 2.24) is 14.6 Å². The lowest BCUT2D eigenvalue weighted by atomic mass is 9.97. The Morgan fingerprint density at radius 2 is 1.98 bits per heavy atom. The molecule has 1 unspecified atom stereocenters. The first kappa shape index (κ1) is 34.3. The molecule has 228 valence electrons. The van der Waals surface area contributed by atoms with Gasteiger partial charge in [-0.1, -0.05) is 11.8 Å². The number of aromatic amines is 1. The molecular formula is C23H37FN3O11PS. The number of thioether (sulfide) groups is 1. The van der Waals surface area contributed by atoms with E-state index in [-0.39, 0.29) is 24.1 Å². The number of esters is 1. The van der Waals surface area contributed by atoms with E-state index >= 15 is 0 Å². The van der Waals surface area contributed by atoms with Crippen molar-refractivity contribution in [2.45, 2.75) is 65.2 Å². The van der Waals surface area contributed by atoms with Gasteiger partial charge in [0, 0.05) is 23.9 Å². The first-order valence-corrected chi connectivity index (χ1v) is 15.0. The number of carbonyl (C=O) groups is 2. The molecule has 0 bridgehead atoms. The Bertz CT molecular complexity index is 1180. The van der Waals surface area contributed by atoms with Gasteiger partial charge in [-0.3, -0.25) is 37.4 Å². The summed E-state index contributed by atoms with van der Waals surface area (Å²) in [5.41, 5.74) is -2.56. The lowest BCUT2D eigenvalue weighted by molar-refractivity contribution is -0.149. The minimum absolute atomic E-state index is 0.0328. The van der Waals surface area contributed by atoms with Gasteiger partial charge in [-0.25, -0.2) is 14.4 Å². The molecule has 0 radical (unpaired) electrons. The van der Waals surface area contributed by atoms with Crippen LogP contribution in [0.25, 0.3) is 0 Å². The Labute approximate surface area is 234 Å². The summed E-state index contributed by atoms with van der Waals surface area (Å²) in [4.78, 5) is 50.1. The third kappa shape index (κ3) is 9.31. The van der Waals surface area contributed by atoms with Crippen molar-refractivity contribution < 1.29 is 47.3 Å². The van der Waals surface area contributed by atoms with Gasteiger partial charge >= 0.3 is 19.4 Å². The maximum Gasteiger partial charge on any atom is 0.406 e. The molecule has 2 heterocycles. The fraction of sp³-hybridized carbons (Fsp3) is 0.739. The second-order valence-electron chi connectivity index (χ2n) is 10.0. The van der Waals surface area contributed by atoms with E-state index < -0.39 is 80.2 Å². The second-order valence-corrected chi connectivity index (χ2v) is 12.9. The molecule has 14 nitrogen and oxygen atoms in total. The summed E-state index contributed by atoms with van der Waals surface area (Å²) in [5.74, 6) is -1.91. The van der Waals surface area contributed by atoms with Crippen LogP contribution in [0, 0.1) is 11.3 Å². The molecule has 17 heteroatoms. The van der Waals surface area contributed by atoms with E-state index in [0.717, 1.165) is 28.6 Å². The SMILES string of the molecule is CC(C)OC(=O)[C@H](C)NP(=O)(OCCSC(=O)C(C)(C)CO)OC[C@H]1O[C@@H](n2ccc(=O)[nH]c2=O)[C@H](O)[C@@H]1CF. The number of hydrogen-bond donors (Lipinski definition) is 4. The number of nitrogens with one attached hydrogen (secondary N) is 2. The molecule has 0 saturated carbocycles. The molecule has 1 aliphatic heterocycles. The van der Waals surface area contributed by atoms with Gasteiger partial charge < -0.3 is 19.7 Å². The van der Waals surface area contributed by atoms with Crippen LogP contribution in [-0.4, -0.2) is 87.5 Å². The predicted molar refractivity (Wildman–Crippen MR) is 142 cm³/mol. The zero-order chi connectivity index (χ0) is 30.3. The summed E-state index contributed by atoms with van der Waals surface area (Å²) in [6, 6.07) is -0.130. The monoisotopic (exact) mass is 613 g/mol. The van der Waals surface area contributed by atoms with Crippen LogP contribution in [0.2, 0.25) is 0 Å². The molecule has 1 saturated heterocycles. The average Bonchev–Trinajstić information content (AvgIpc) is 3.19. The van der Waals surface area contributed by atoms with E-state index in [1.54, 1.807) is 27.7 Å². The van der Waals surface area contributed by atoms with Crippen LogP contribution in [0.5, 0.6) is 0 Å². The molecule has 0 aliphatic carbocycles. The third-order valence-electron chi connectivity index (χ3n) is 5.82. The maximum atomic E-state index is 13.9. The minimum Gasteiger partial charge on any atom is -0.462 e. The Morgan fingerprint density at radius 3 is 2.55 bits per heavy atom. The summed E-state index contributed by atoms with van der Waals surface area (Å²) < 4.78 is 50.0. The Hall–Kier alpha value is -1.91. The van der Waals surface area contributed by atoms with E-state index in [0.29, 0.717) is 0 Å². The van der Waals surface area contributed by atoms with Crippen LogP contribution in [0.3, 0.4) is 0 Å². The van der Waals surface area contributed by atoms with Crippen molar-refractivity contribution in [3.8, 4) is 0 Å². The molecule has 1 aromatic rings. The molecule has 1 aromatic heterocycles. The summed E-state index contributed by atoms with van der Waals surface area (Å²) >= 11 is 0.845. The van der Waals surface area contributed by atoms with Gasteiger partial charge in [-0.15, -0.1) is 0 Å². The third-order valence-corrected chi connectivity index (χ3v) is 8.72. The van der Waals surface area contributed by atoms with Crippen LogP contribution in [0.15, 0.2) is 21.9 Å². The number of aromatic nitrogens is 2. The van der Waals surface area contributed by atoms with Gasteiger partial charge in [-0.2, -0.15) is 0 Å². The molecule has 0 amide bonds. The molecule has 1 aliphatic rings. The van der Waals surface area contributed by atoms with Crippen LogP contribution >= 0.6 is 19.5 Å². The number of carbonyl (C=O) groups excluding carboxylic acids is 2. The van der Waals surface area contributed by atoms with Crippen LogP contribution < -0.4 is 16.3 Å². The molecule has 0 spiro atoms. The van der Waals surface area contributed by atoms with Crippen LogP contribution in [0.1, 0.15) is 40.8 Å². The Morgan fingerprint density at radius 1 is 1.30 bits per heavy atom. The molecule has 2 rings (SSSR count). The van der Waals surface area contributed by atoms with E-state index in [1.807, 2.05) is 4.98 Å². The largest absolute Gasteiger partial charge is 0.462 e. The predicted octanol–water partition coefficient (Wildman–Crippen LogP) is 0.730. The molecular weight excluding hydrogens is 576 g/mol. The standard InChI is InChI=1S/C23H37FN3O11PS/c1-13(2)37-20(31)14(3)26-39(34,35-8-9-40-21(32)23(4,5)12-28)36-11-16-15(10-24)18(30)19(38-16)27-7-6-17(29)25-22(27)33/h6-7,13-16,18-19,28,30H,8-12H2,1-5H3,(H,26,34)(H,25,29,33)/t14-,15+,16+,18+,19+,39?/m0/s1. The second kappa shape index (κ2) is 14.8. The highest BCUT2D eigenvalue weighted by atomic mass is 32.2. The molecule has 4 N–H and O–H groups in total. The summed E-state index contributed by atoms with van der Waals surface area (Å²) in [6.07, 6.45) is -3.47. The van der Waals surface area contributed by atoms with Gasteiger partial charge in [0.25, 0.3) is 5.56 Å². The Balaban J connectivity index is 2.15. The van der Waals surface area contributed by atoms with E-state index in [2.05, 4.69) is 5.09 Å². The lowest BCUT2D eigenvalue weighted by Gasteiger charge is -2.25. The number of alkyl halides is 1. The highest BCUT2D eigenvalue weighted by molar-refractivity contribution is 8.13. The van der Waals surface area contributed by atoms with Gasteiger partial charge in [0.15, 0.2) is 11.3 Å². The zero-order valence-electron chi connectivity index (χ0n) is 22.9. The highest BCUT2D eigenvalue weighted by Crippen LogP contribution is 2.46. The summed E-state index contributed by atoms with van der Waals surface area (Å²) in [6.45, 7) is 5.44. The number of aliphatic hydroxyl groups excluding tert-OH is 2. The van der Waals surface area contributed by atoms with Crippen molar-refractivity contribution in [2.75, 3.05) is 32.2 Å². The molecule has 1 fully saturated rings. The van der Waals surface area contributed by atoms with Gasteiger partial charge in [-0.05, 0) is 34.6 Å². The number of ether oxygens (including phenoxy) is 2. The van der Waals surface area contributed by atoms with Crippen LogP contribution in [-0.2, 0) is 32.7 Å². The van der Waals surface area contributed by atoms with Gasteiger partial charge in [0.1, 0.15) is 12.1 Å². The average molecular weight is 614 g/mol. The normalized spacial score (nSPS) is 23.6. The quantitative estimate of drug-likeness (QED) is 0.123. The number of rotatable bonds is 15. The topological polar surface area (TPSA) is 195 Å². The first-order valence-electron chi connectivity index (χ1n) is 12.5. The highest BCUT2D eigenvalue weighted by Gasteiger charge is 2.46. The fourth-order valence-corrected chi connectivity index (χ4v) is 5.87. The van der Waals surface area contributed by atoms with Gasteiger partial charge in [0.05, 0.1) is 44.1 Å². The molecule has 6 atom stereocenters. The maximum absolute atomic E-state index is 13.9. The minimum atomic E-state index is -4.32. The fourth-order valence-electron chi connectivity index (χ4n) is 3.46. The van der Waals surface area contributed by atoms with E-state index in [9.17, 15) is 38.3 Å². The number of hydrogen-bond acceptors (Lipinski definition) is 12. The summed E-state index contributed by atoms with van der Waals surface area (Å²) in [7, 11) is -4.32. The number of aliphatic hydroxyl groups is 2.